The number of nitrogens with zero attached hydrogens (tertiary/aromatic N) is 2. The van der Waals surface area contributed by atoms with Gasteiger partial charge in [-0.05, 0) is 32.6 Å². The van der Waals surface area contributed by atoms with Crippen LogP contribution < -0.4 is 5.32 Å². The second-order valence-electron chi connectivity index (χ2n) is 5.18. The van der Waals surface area contributed by atoms with E-state index in [9.17, 15) is 0 Å². The van der Waals surface area contributed by atoms with Crippen molar-refractivity contribution >= 4 is 5.82 Å². The highest BCUT2D eigenvalue weighted by molar-refractivity contribution is 5.37. The molecule has 1 N–H and O–H groups in total. The quantitative estimate of drug-likeness (QED) is 0.845. The van der Waals surface area contributed by atoms with Gasteiger partial charge in [-0.3, -0.25) is 0 Å². The molecule has 0 spiro atoms. The summed E-state index contributed by atoms with van der Waals surface area (Å²) in [6.07, 6.45) is 2.71. The smallest absolute Gasteiger partial charge is 0.133 e. The summed E-state index contributed by atoms with van der Waals surface area (Å²) >= 11 is 0. The highest BCUT2D eigenvalue weighted by Crippen LogP contribution is 2.33. The molecule has 0 aliphatic heterocycles. The molecule has 1 heterocycles. The van der Waals surface area contributed by atoms with Gasteiger partial charge in [0.05, 0.1) is 0 Å². The molecule has 88 valence electrons. The molecule has 3 nitrogen and oxygen atoms in total. The fourth-order valence-electron chi connectivity index (χ4n) is 1.87. The van der Waals surface area contributed by atoms with Gasteiger partial charge in [0.2, 0.25) is 0 Å². The first-order valence-electron chi connectivity index (χ1n) is 6.18. The number of hydrogen-bond acceptors (Lipinski definition) is 3. The Kier molecular flexibility index (Phi) is 3.13. The molecule has 1 aliphatic rings. The van der Waals surface area contributed by atoms with E-state index in [1.807, 2.05) is 13.0 Å². The lowest BCUT2D eigenvalue weighted by molar-refractivity contribution is 0.684. The lowest BCUT2D eigenvalue weighted by atomic mass is 10.2. The van der Waals surface area contributed by atoms with E-state index < -0.39 is 0 Å². The van der Waals surface area contributed by atoms with E-state index in [0.717, 1.165) is 23.3 Å². The van der Waals surface area contributed by atoms with E-state index in [-0.39, 0.29) is 0 Å². The summed E-state index contributed by atoms with van der Waals surface area (Å²) in [6.45, 7) is 8.52. The molecule has 1 fully saturated rings. The molecule has 1 aromatic heterocycles. The molecule has 0 amide bonds. The summed E-state index contributed by atoms with van der Waals surface area (Å²) in [4.78, 5) is 9.01. The standard InChI is InChI=1S/C13H21N3/c1-8(2)13-14-9(3)7-12(16-13)15-10(4)11-5-6-11/h7-8,10-11H,5-6H2,1-4H3,(H,14,15,16). The molecule has 0 aromatic carbocycles. The van der Waals surface area contributed by atoms with Crippen LogP contribution in [-0.4, -0.2) is 16.0 Å². The number of aromatic nitrogens is 2. The Morgan fingerprint density at radius 3 is 2.50 bits per heavy atom. The Morgan fingerprint density at radius 1 is 1.25 bits per heavy atom. The van der Waals surface area contributed by atoms with Crippen molar-refractivity contribution in [2.45, 2.75) is 52.5 Å². The first kappa shape index (κ1) is 11.4. The molecular formula is C13H21N3. The monoisotopic (exact) mass is 219 g/mol. The van der Waals surface area contributed by atoms with Crippen molar-refractivity contribution < 1.29 is 0 Å². The Balaban J connectivity index is 2.13. The van der Waals surface area contributed by atoms with Crippen molar-refractivity contribution in [1.29, 1.82) is 0 Å². The molecule has 1 saturated carbocycles. The number of anilines is 1. The average Bonchev–Trinajstić information content (AvgIpc) is 2.99. The highest BCUT2D eigenvalue weighted by Gasteiger charge is 2.28. The Labute approximate surface area is 97.7 Å². The van der Waals surface area contributed by atoms with E-state index in [0.29, 0.717) is 12.0 Å². The third kappa shape index (κ3) is 2.71. The molecule has 2 rings (SSSR count). The van der Waals surface area contributed by atoms with Crippen molar-refractivity contribution in [1.82, 2.24) is 9.97 Å². The average molecular weight is 219 g/mol. The molecule has 1 unspecified atom stereocenters. The first-order chi connectivity index (χ1) is 7.56. The van der Waals surface area contributed by atoms with Crippen LogP contribution in [0.4, 0.5) is 5.82 Å². The normalized spacial score (nSPS) is 17.6. The van der Waals surface area contributed by atoms with Crippen molar-refractivity contribution in [3.8, 4) is 0 Å². The largest absolute Gasteiger partial charge is 0.367 e. The number of rotatable bonds is 4. The number of nitrogens with one attached hydrogen (secondary N) is 1. The molecule has 1 atom stereocenters. The lowest BCUT2D eigenvalue weighted by Gasteiger charge is -2.15. The van der Waals surface area contributed by atoms with E-state index in [1.54, 1.807) is 0 Å². The van der Waals surface area contributed by atoms with E-state index in [2.05, 4.69) is 36.1 Å². The lowest BCUT2D eigenvalue weighted by Crippen LogP contribution is -2.19. The van der Waals surface area contributed by atoms with Gasteiger partial charge in [-0.2, -0.15) is 0 Å². The SMILES string of the molecule is Cc1cc(NC(C)C2CC2)nc(C(C)C)n1. The van der Waals surface area contributed by atoms with E-state index in [1.165, 1.54) is 12.8 Å². The van der Waals surface area contributed by atoms with Crippen LogP contribution in [0.25, 0.3) is 0 Å². The number of hydrogen-bond donors (Lipinski definition) is 1. The Hall–Kier alpha value is -1.12. The van der Waals surface area contributed by atoms with Gasteiger partial charge in [-0.15, -0.1) is 0 Å². The van der Waals surface area contributed by atoms with Gasteiger partial charge in [0.15, 0.2) is 0 Å². The third-order valence-corrected chi connectivity index (χ3v) is 3.09. The summed E-state index contributed by atoms with van der Waals surface area (Å²) in [5.41, 5.74) is 1.05. The van der Waals surface area contributed by atoms with Crippen molar-refractivity contribution in [2.24, 2.45) is 5.92 Å². The molecule has 1 aliphatic carbocycles. The maximum Gasteiger partial charge on any atom is 0.133 e. The maximum absolute atomic E-state index is 4.56. The Bertz CT molecular complexity index is 369. The first-order valence-corrected chi connectivity index (χ1v) is 6.18. The molecule has 0 radical (unpaired) electrons. The molecule has 16 heavy (non-hydrogen) atoms. The molecule has 0 saturated heterocycles. The van der Waals surface area contributed by atoms with Crippen LogP contribution in [0, 0.1) is 12.8 Å². The van der Waals surface area contributed by atoms with Gasteiger partial charge in [0.1, 0.15) is 11.6 Å². The van der Waals surface area contributed by atoms with Crippen molar-refractivity contribution in [3.63, 3.8) is 0 Å². The topological polar surface area (TPSA) is 37.8 Å². The molecular weight excluding hydrogens is 198 g/mol. The van der Waals surface area contributed by atoms with Crippen LogP contribution in [0.3, 0.4) is 0 Å². The van der Waals surface area contributed by atoms with Crippen molar-refractivity contribution in [2.75, 3.05) is 5.32 Å². The maximum atomic E-state index is 4.56. The summed E-state index contributed by atoms with van der Waals surface area (Å²) < 4.78 is 0. The summed E-state index contributed by atoms with van der Waals surface area (Å²) in [5, 5.41) is 3.49. The summed E-state index contributed by atoms with van der Waals surface area (Å²) in [7, 11) is 0. The van der Waals surface area contributed by atoms with E-state index in [4.69, 9.17) is 0 Å². The third-order valence-electron chi connectivity index (χ3n) is 3.09. The van der Waals surface area contributed by atoms with Crippen LogP contribution in [0.1, 0.15) is 51.0 Å². The van der Waals surface area contributed by atoms with Crippen LogP contribution in [0.5, 0.6) is 0 Å². The second kappa shape index (κ2) is 4.40. The zero-order chi connectivity index (χ0) is 11.7. The molecule has 0 bridgehead atoms. The fraction of sp³-hybridized carbons (Fsp3) is 0.692. The van der Waals surface area contributed by atoms with Gasteiger partial charge < -0.3 is 5.32 Å². The molecule has 3 heteroatoms. The van der Waals surface area contributed by atoms with Gasteiger partial charge in [-0.1, -0.05) is 13.8 Å². The van der Waals surface area contributed by atoms with Gasteiger partial charge in [0.25, 0.3) is 0 Å². The Morgan fingerprint density at radius 2 is 1.94 bits per heavy atom. The van der Waals surface area contributed by atoms with Crippen LogP contribution >= 0.6 is 0 Å². The number of aryl methyl sites for hydroxylation is 1. The molecule has 1 aromatic rings. The van der Waals surface area contributed by atoms with E-state index >= 15 is 0 Å². The van der Waals surface area contributed by atoms with Crippen molar-refractivity contribution in [3.05, 3.63) is 17.6 Å². The minimum absolute atomic E-state index is 0.386. The van der Waals surface area contributed by atoms with Crippen LogP contribution in [0.2, 0.25) is 0 Å². The summed E-state index contributed by atoms with van der Waals surface area (Å²) in [6, 6.07) is 2.57. The second-order valence-corrected chi connectivity index (χ2v) is 5.18. The zero-order valence-corrected chi connectivity index (χ0v) is 10.6. The minimum Gasteiger partial charge on any atom is -0.367 e. The van der Waals surface area contributed by atoms with Gasteiger partial charge >= 0.3 is 0 Å². The van der Waals surface area contributed by atoms with Gasteiger partial charge in [0, 0.05) is 23.7 Å². The van der Waals surface area contributed by atoms with Gasteiger partial charge in [-0.25, -0.2) is 9.97 Å². The zero-order valence-electron chi connectivity index (χ0n) is 10.6. The predicted molar refractivity (Wildman–Crippen MR) is 66.7 cm³/mol. The highest BCUT2D eigenvalue weighted by atomic mass is 15.1. The minimum atomic E-state index is 0.386. The van der Waals surface area contributed by atoms with Crippen LogP contribution in [0.15, 0.2) is 6.07 Å². The predicted octanol–water partition coefficient (Wildman–Crippen LogP) is 3.12. The summed E-state index contributed by atoms with van der Waals surface area (Å²) in [5.74, 6) is 3.15. The van der Waals surface area contributed by atoms with Crippen LogP contribution in [-0.2, 0) is 0 Å². The fourth-order valence-corrected chi connectivity index (χ4v) is 1.87.